The zero-order valence-electron chi connectivity index (χ0n) is 21.4. The Labute approximate surface area is 203 Å². The summed E-state index contributed by atoms with van der Waals surface area (Å²) < 4.78 is 0. The average Bonchev–Trinajstić information content (AvgIpc) is 3.30. The van der Waals surface area contributed by atoms with Crippen LogP contribution in [0, 0.1) is 0 Å². The van der Waals surface area contributed by atoms with Crippen molar-refractivity contribution >= 4 is 5.91 Å². The summed E-state index contributed by atoms with van der Waals surface area (Å²) in [6.07, 6.45) is 19.0. The molecule has 4 nitrogen and oxygen atoms in total. The lowest BCUT2D eigenvalue weighted by molar-refractivity contribution is -0.125. The van der Waals surface area contributed by atoms with Crippen LogP contribution in [0.1, 0.15) is 128 Å². The predicted octanol–water partition coefficient (Wildman–Crippen LogP) is 7.13. The standard InChI is InChI=1S/C29H50N2O2/c1-3-5-6-7-8-9-10-11-12-13-14-18-22-26(25-20-16-15-17-21-25)29(33)30-27-23-19-24-31(27)28(32)4-2/h15-17,20-21,26-28,32H,3-14,18-19,22-24H2,1-2H3,(H,30,33)/t26?,27-,28?/m0/s1. The average molecular weight is 459 g/mol. The molecular formula is C29H50N2O2. The molecule has 1 aromatic rings. The SMILES string of the molecule is CCCCCCCCCCCCCCC(C(=O)N[C@@H]1CCCN1C(O)CC)c1ccccc1. The number of nitrogens with one attached hydrogen (secondary N) is 1. The van der Waals surface area contributed by atoms with E-state index in [4.69, 9.17) is 0 Å². The second-order valence-electron chi connectivity index (χ2n) is 9.93. The first-order valence-corrected chi connectivity index (χ1v) is 14.0. The summed E-state index contributed by atoms with van der Waals surface area (Å²) in [6.45, 7) is 5.12. The van der Waals surface area contributed by atoms with Gasteiger partial charge in [-0.25, -0.2) is 0 Å². The largest absolute Gasteiger partial charge is 0.378 e. The van der Waals surface area contributed by atoms with Crippen molar-refractivity contribution in [1.82, 2.24) is 10.2 Å². The minimum atomic E-state index is -0.468. The summed E-state index contributed by atoms with van der Waals surface area (Å²) in [7, 11) is 0. The Kier molecular flexibility index (Phi) is 14.4. The lowest BCUT2D eigenvalue weighted by atomic mass is 9.92. The number of aliphatic hydroxyl groups is 1. The lowest BCUT2D eigenvalue weighted by Gasteiger charge is -2.30. The molecule has 0 radical (unpaired) electrons. The number of likely N-dealkylation sites (tertiary alicyclic amines) is 1. The molecule has 2 rings (SSSR count). The van der Waals surface area contributed by atoms with E-state index in [-0.39, 0.29) is 18.0 Å². The highest BCUT2D eigenvalue weighted by molar-refractivity contribution is 5.83. The lowest BCUT2D eigenvalue weighted by Crippen LogP contribution is -2.49. The van der Waals surface area contributed by atoms with Gasteiger partial charge >= 0.3 is 0 Å². The van der Waals surface area contributed by atoms with Crippen molar-refractivity contribution in [3.63, 3.8) is 0 Å². The number of rotatable bonds is 18. The molecule has 1 heterocycles. The van der Waals surface area contributed by atoms with Crippen LogP contribution in [0.4, 0.5) is 0 Å². The van der Waals surface area contributed by atoms with Gasteiger partial charge in [-0.05, 0) is 31.2 Å². The molecule has 1 aromatic carbocycles. The van der Waals surface area contributed by atoms with E-state index in [0.717, 1.165) is 37.8 Å². The van der Waals surface area contributed by atoms with Crippen molar-refractivity contribution in [2.24, 2.45) is 0 Å². The van der Waals surface area contributed by atoms with Gasteiger partial charge in [-0.1, -0.05) is 121 Å². The second kappa shape index (κ2) is 17.1. The van der Waals surface area contributed by atoms with Crippen LogP contribution in [-0.2, 0) is 4.79 Å². The van der Waals surface area contributed by atoms with Crippen LogP contribution in [-0.4, -0.2) is 34.9 Å². The van der Waals surface area contributed by atoms with Crippen LogP contribution in [0.2, 0.25) is 0 Å². The minimum Gasteiger partial charge on any atom is -0.378 e. The monoisotopic (exact) mass is 458 g/mol. The highest BCUT2D eigenvalue weighted by atomic mass is 16.3. The van der Waals surface area contributed by atoms with Crippen LogP contribution in [0.15, 0.2) is 30.3 Å². The molecular weight excluding hydrogens is 408 g/mol. The fourth-order valence-electron chi connectivity index (χ4n) is 5.12. The quantitative estimate of drug-likeness (QED) is 0.230. The number of carbonyl (C=O) groups excluding carboxylic acids is 1. The summed E-state index contributed by atoms with van der Waals surface area (Å²) in [6, 6.07) is 10.2. The maximum absolute atomic E-state index is 13.3. The van der Waals surface area contributed by atoms with Crippen LogP contribution < -0.4 is 5.32 Å². The van der Waals surface area contributed by atoms with Gasteiger partial charge in [-0.2, -0.15) is 0 Å². The number of aliphatic hydroxyl groups excluding tert-OH is 1. The molecule has 0 aliphatic carbocycles. The van der Waals surface area contributed by atoms with Crippen molar-refractivity contribution < 1.29 is 9.90 Å². The fraction of sp³-hybridized carbons (Fsp3) is 0.759. The van der Waals surface area contributed by atoms with E-state index < -0.39 is 6.23 Å². The van der Waals surface area contributed by atoms with Gasteiger partial charge in [0.15, 0.2) is 0 Å². The van der Waals surface area contributed by atoms with Crippen molar-refractivity contribution in [2.75, 3.05) is 6.54 Å². The molecule has 4 heteroatoms. The molecule has 33 heavy (non-hydrogen) atoms. The van der Waals surface area contributed by atoms with E-state index in [2.05, 4.69) is 24.4 Å². The molecule has 0 aromatic heterocycles. The summed E-state index contributed by atoms with van der Waals surface area (Å²) >= 11 is 0. The number of benzene rings is 1. The van der Waals surface area contributed by atoms with Gasteiger partial charge in [0.2, 0.25) is 5.91 Å². The highest BCUT2D eigenvalue weighted by Gasteiger charge is 2.32. The van der Waals surface area contributed by atoms with E-state index in [9.17, 15) is 9.90 Å². The molecule has 1 aliphatic rings. The van der Waals surface area contributed by atoms with Gasteiger partial charge in [0.05, 0.1) is 12.1 Å². The number of nitrogens with zero attached hydrogens (tertiary/aromatic N) is 1. The zero-order chi connectivity index (χ0) is 23.7. The van der Waals surface area contributed by atoms with Crippen LogP contribution in [0.5, 0.6) is 0 Å². The molecule has 188 valence electrons. The Morgan fingerprint density at radius 3 is 2.09 bits per heavy atom. The molecule has 0 bridgehead atoms. The molecule has 1 fully saturated rings. The first-order chi connectivity index (χ1) is 16.2. The van der Waals surface area contributed by atoms with Gasteiger partial charge in [-0.15, -0.1) is 0 Å². The molecule has 1 amide bonds. The third-order valence-electron chi connectivity index (χ3n) is 7.22. The van der Waals surface area contributed by atoms with E-state index in [1.165, 1.54) is 70.6 Å². The number of hydrogen-bond acceptors (Lipinski definition) is 3. The first kappa shape index (κ1) is 27.9. The third-order valence-corrected chi connectivity index (χ3v) is 7.22. The number of unbranched alkanes of at least 4 members (excludes halogenated alkanes) is 11. The Morgan fingerprint density at radius 1 is 0.939 bits per heavy atom. The van der Waals surface area contributed by atoms with E-state index >= 15 is 0 Å². The highest BCUT2D eigenvalue weighted by Crippen LogP contribution is 2.26. The van der Waals surface area contributed by atoms with Gasteiger partial charge in [0, 0.05) is 6.54 Å². The smallest absolute Gasteiger partial charge is 0.228 e. The Bertz CT molecular complexity index is 621. The summed E-state index contributed by atoms with van der Waals surface area (Å²) in [4.78, 5) is 15.3. The minimum absolute atomic E-state index is 0.0411. The molecule has 0 spiro atoms. The van der Waals surface area contributed by atoms with Crippen molar-refractivity contribution in [1.29, 1.82) is 0 Å². The molecule has 1 saturated heterocycles. The van der Waals surface area contributed by atoms with Crippen molar-refractivity contribution in [2.45, 2.75) is 135 Å². The second-order valence-corrected chi connectivity index (χ2v) is 9.93. The zero-order valence-corrected chi connectivity index (χ0v) is 21.4. The number of hydrogen-bond donors (Lipinski definition) is 2. The molecule has 3 atom stereocenters. The van der Waals surface area contributed by atoms with Gasteiger partial charge < -0.3 is 10.4 Å². The Morgan fingerprint density at radius 2 is 1.52 bits per heavy atom. The Hall–Kier alpha value is -1.39. The fourth-order valence-corrected chi connectivity index (χ4v) is 5.12. The maximum atomic E-state index is 13.3. The molecule has 1 aliphatic heterocycles. The van der Waals surface area contributed by atoms with Crippen LogP contribution in [0.25, 0.3) is 0 Å². The van der Waals surface area contributed by atoms with Crippen LogP contribution >= 0.6 is 0 Å². The van der Waals surface area contributed by atoms with Gasteiger partial charge in [0.1, 0.15) is 6.23 Å². The molecule has 2 N–H and O–H groups in total. The maximum Gasteiger partial charge on any atom is 0.228 e. The topological polar surface area (TPSA) is 52.6 Å². The normalized spacial score (nSPS) is 18.3. The number of amides is 1. The molecule has 0 saturated carbocycles. The third kappa shape index (κ3) is 10.6. The van der Waals surface area contributed by atoms with Crippen molar-refractivity contribution in [3.8, 4) is 0 Å². The van der Waals surface area contributed by atoms with E-state index in [1.54, 1.807) is 0 Å². The van der Waals surface area contributed by atoms with E-state index in [1.807, 2.05) is 30.0 Å². The van der Waals surface area contributed by atoms with Crippen LogP contribution in [0.3, 0.4) is 0 Å². The van der Waals surface area contributed by atoms with Crippen molar-refractivity contribution in [3.05, 3.63) is 35.9 Å². The summed E-state index contributed by atoms with van der Waals surface area (Å²) in [5.41, 5.74) is 1.11. The van der Waals surface area contributed by atoms with E-state index in [0.29, 0.717) is 6.42 Å². The van der Waals surface area contributed by atoms with Gasteiger partial charge in [-0.3, -0.25) is 9.69 Å². The molecule has 2 unspecified atom stereocenters. The Balaban J connectivity index is 1.71. The van der Waals surface area contributed by atoms with Gasteiger partial charge in [0.25, 0.3) is 0 Å². The summed E-state index contributed by atoms with van der Waals surface area (Å²) in [5, 5.41) is 13.6. The number of carbonyl (C=O) groups is 1. The predicted molar refractivity (Wildman–Crippen MR) is 139 cm³/mol. The summed E-state index contributed by atoms with van der Waals surface area (Å²) in [5.74, 6) is 0.0139. The first-order valence-electron chi connectivity index (χ1n) is 14.0.